The second kappa shape index (κ2) is 6.95. The lowest BCUT2D eigenvalue weighted by atomic mass is 10.0. The van der Waals surface area contributed by atoms with E-state index >= 15 is 0 Å². The van der Waals surface area contributed by atoms with Crippen LogP contribution in [0.2, 0.25) is 0 Å². The molecule has 1 unspecified atom stereocenters. The molecule has 0 aliphatic rings. The number of benzene rings is 1. The Kier molecular flexibility index (Phi) is 5.80. The molecule has 0 aliphatic carbocycles. The van der Waals surface area contributed by atoms with Crippen molar-refractivity contribution >= 4 is 10.0 Å². The van der Waals surface area contributed by atoms with Gasteiger partial charge in [0.15, 0.2) is 0 Å². The van der Waals surface area contributed by atoms with Gasteiger partial charge in [-0.3, -0.25) is 0 Å². The van der Waals surface area contributed by atoms with Gasteiger partial charge < -0.3 is 9.84 Å². The van der Waals surface area contributed by atoms with Crippen molar-refractivity contribution in [3.05, 3.63) is 29.6 Å². The molecule has 0 aliphatic heterocycles. The van der Waals surface area contributed by atoms with Crippen LogP contribution in [0, 0.1) is 17.1 Å². The number of methoxy groups -OCH3 is 1. The normalized spacial score (nSPS) is 14.4. The van der Waals surface area contributed by atoms with Crippen molar-refractivity contribution in [1.29, 1.82) is 5.26 Å². The number of hydrogen-bond donors (Lipinski definition) is 2. The number of hydrogen-bond acceptors (Lipinski definition) is 5. The molecular weight excluding hydrogens is 299 g/mol. The topological polar surface area (TPSA) is 99.4 Å². The van der Waals surface area contributed by atoms with Crippen molar-refractivity contribution in [2.75, 3.05) is 20.3 Å². The number of sulfonamides is 1. The zero-order valence-corrected chi connectivity index (χ0v) is 12.6. The van der Waals surface area contributed by atoms with Gasteiger partial charge in [0.05, 0.1) is 5.60 Å². The average molecular weight is 316 g/mol. The van der Waals surface area contributed by atoms with Gasteiger partial charge in [-0.15, -0.1) is 0 Å². The summed E-state index contributed by atoms with van der Waals surface area (Å²) in [5.41, 5.74) is -1.87. The van der Waals surface area contributed by atoms with Crippen molar-refractivity contribution in [2.45, 2.75) is 23.8 Å². The van der Waals surface area contributed by atoms with E-state index in [1.165, 1.54) is 26.2 Å². The molecule has 8 heteroatoms. The summed E-state index contributed by atoms with van der Waals surface area (Å²) < 4.78 is 44.7. The van der Waals surface area contributed by atoms with Gasteiger partial charge >= 0.3 is 0 Å². The highest BCUT2D eigenvalue weighted by Crippen LogP contribution is 2.18. The quantitative estimate of drug-likeness (QED) is 0.774. The van der Waals surface area contributed by atoms with E-state index in [1.54, 1.807) is 0 Å². The minimum atomic E-state index is -4.10. The third-order valence-corrected chi connectivity index (χ3v) is 4.31. The maximum Gasteiger partial charge on any atom is 0.242 e. The predicted octanol–water partition coefficient (Wildman–Crippen LogP) is 0.763. The van der Waals surface area contributed by atoms with E-state index in [0.717, 1.165) is 12.1 Å². The van der Waals surface area contributed by atoms with Crippen molar-refractivity contribution < 1.29 is 22.7 Å². The van der Waals surface area contributed by atoms with Gasteiger partial charge in [-0.2, -0.15) is 5.26 Å². The van der Waals surface area contributed by atoms with Crippen LogP contribution in [0.15, 0.2) is 23.1 Å². The lowest BCUT2D eigenvalue weighted by Gasteiger charge is -2.23. The van der Waals surface area contributed by atoms with Crippen molar-refractivity contribution in [1.82, 2.24) is 4.72 Å². The number of halogens is 1. The summed E-state index contributed by atoms with van der Waals surface area (Å²) in [5.74, 6) is -0.911. The molecule has 21 heavy (non-hydrogen) atoms. The van der Waals surface area contributed by atoms with Crippen LogP contribution in [0.25, 0.3) is 0 Å². The minimum absolute atomic E-state index is 0.222. The summed E-state index contributed by atoms with van der Waals surface area (Å²) in [7, 11) is -2.63. The molecule has 1 aromatic carbocycles. The van der Waals surface area contributed by atoms with Crippen LogP contribution >= 0.6 is 0 Å². The Hall–Kier alpha value is -1.53. The van der Waals surface area contributed by atoms with Crippen LogP contribution < -0.4 is 4.72 Å². The monoisotopic (exact) mass is 316 g/mol. The summed E-state index contributed by atoms with van der Waals surface area (Å²) in [6.45, 7) is 1.43. The highest BCUT2D eigenvalue weighted by Gasteiger charge is 2.26. The molecule has 1 atom stereocenters. The molecule has 0 heterocycles. The third kappa shape index (κ3) is 4.75. The lowest BCUT2D eigenvalue weighted by molar-refractivity contribution is 0.0292. The van der Waals surface area contributed by atoms with Crippen molar-refractivity contribution in [3.8, 4) is 6.07 Å². The molecule has 1 aromatic rings. The lowest BCUT2D eigenvalue weighted by Crippen LogP contribution is -2.41. The smallest absolute Gasteiger partial charge is 0.242 e. The molecular formula is C13H17FN2O4S. The van der Waals surface area contributed by atoms with Gasteiger partial charge in [0.25, 0.3) is 0 Å². The van der Waals surface area contributed by atoms with Crippen LogP contribution in [0.1, 0.15) is 18.9 Å². The first-order valence-electron chi connectivity index (χ1n) is 6.13. The predicted molar refractivity (Wildman–Crippen MR) is 73.4 cm³/mol. The second-order valence-corrected chi connectivity index (χ2v) is 6.52. The summed E-state index contributed by atoms with van der Waals surface area (Å²) in [6, 6.07) is 4.87. The number of aliphatic hydroxyl groups is 1. The molecule has 0 radical (unpaired) electrons. The van der Waals surface area contributed by atoms with E-state index in [9.17, 15) is 17.9 Å². The molecule has 0 spiro atoms. The van der Waals surface area contributed by atoms with Gasteiger partial charge in [-0.1, -0.05) is 6.07 Å². The first-order chi connectivity index (χ1) is 9.73. The second-order valence-electron chi connectivity index (χ2n) is 4.79. The summed E-state index contributed by atoms with van der Waals surface area (Å²) in [4.78, 5) is -0.451. The average Bonchev–Trinajstić information content (AvgIpc) is 2.43. The molecule has 0 aromatic heterocycles. The SMILES string of the molecule is COCCC(C)(O)CNS(=O)(=O)c1cccc(F)c1C#N. The highest BCUT2D eigenvalue weighted by molar-refractivity contribution is 7.89. The van der Waals surface area contributed by atoms with Crippen LogP contribution in [0.3, 0.4) is 0 Å². The molecule has 0 bridgehead atoms. The molecule has 0 saturated carbocycles. The van der Waals surface area contributed by atoms with Crippen molar-refractivity contribution in [3.63, 3.8) is 0 Å². The van der Waals surface area contributed by atoms with Crippen LogP contribution in [0.5, 0.6) is 0 Å². The van der Waals surface area contributed by atoms with Gasteiger partial charge in [0, 0.05) is 26.7 Å². The zero-order valence-electron chi connectivity index (χ0n) is 11.8. The first kappa shape index (κ1) is 17.5. The van der Waals surface area contributed by atoms with Crippen LogP contribution in [0.4, 0.5) is 4.39 Å². The molecule has 2 N–H and O–H groups in total. The van der Waals surface area contributed by atoms with Crippen LogP contribution in [-0.2, 0) is 14.8 Å². The Labute approximate surface area is 123 Å². The van der Waals surface area contributed by atoms with E-state index in [-0.39, 0.29) is 19.6 Å². The summed E-state index contributed by atoms with van der Waals surface area (Å²) >= 11 is 0. The Balaban J connectivity index is 2.94. The number of rotatable bonds is 7. The summed E-state index contributed by atoms with van der Waals surface area (Å²) in [6.07, 6.45) is 0.222. The van der Waals surface area contributed by atoms with Gasteiger partial charge in [0.2, 0.25) is 10.0 Å². The Morgan fingerprint density at radius 2 is 2.19 bits per heavy atom. The number of nitrogens with one attached hydrogen (secondary N) is 1. The molecule has 0 fully saturated rings. The minimum Gasteiger partial charge on any atom is -0.389 e. The molecule has 0 amide bonds. The van der Waals surface area contributed by atoms with E-state index < -0.39 is 31.9 Å². The fourth-order valence-electron chi connectivity index (χ4n) is 1.58. The van der Waals surface area contributed by atoms with Gasteiger partial charge in [-0.05, 0) is 19.1 Å². The number of ether oxygens (including phenoxy) is 1. The van der Waals surface area contributed by atoms with E-state index in [2.05, 4.69) is 4.72 Å². The number of nitrogens with zero attached hydrogens (tertiary/aromatic N) is 1. The van der Waals surface area contributed by atoms with E-state index in [4.69, 9.17) is 10.00 Å². The van der Waals surface area contributed by atoms with Crippen molar-refractivity contribution in [2.24, 2.45) is 0 Å². The number of nitriles is 1. The molecule has 6 nitrogen and oxygen atoms in total. The van der Waals surface area contributed by atoms with Crippen LogP contribution in [-0.4, -0.2) is 39.4 Å². The zero-order chi connectivity index (χ0) is 16.1. The Morgan fingerprint density at radius 3 is 2.76 bits per heavy atom. The molecule has 0 saturated heterocycles. The fraction of sp³-hybridized carbons (Fsp3) is 0.462. The van der Waals surface area contributed by atoms with Gasteiger partial charge in [-0.25, -0.2) is 17.5 Å². The van der Waals surface area contributed by atoms with E-state index in [1.807, 2.05) is 0 Å². The maximum absolute atomic E-state index is 13.4. The summed E-state index contributed by atoms with van der Waals surface area (Å²) in [5, 5.41) is 18.8. The van der Waals surface area contributed by atoms with Gasteiger partial charge in [0.1, 0.15) is 22.3 Å². The fourth-order valence-corrected chi connectivity index (χ4v) is 2.90. The third-order valence-electron chi connectivity index (χ3n) is 2.86. The largest absolute Gasteiger partial charge is 0.389 e. The molecule has 1 rings (SSSR count). The Morgan fingerprint density at radius 1 is 1.52 bits per heavy atom. The maximum atomic E-state index is 13.4. The van der Waals surface area contributed by atoms with E-state index in [0.29, 0.717) is 0 Å². The molecule has 116 valence electrons. The highest BCUT2D eigenvalue weighted by atomic mass is 32.2. The first-order valence-corrected chi connectivity index (χ1v) is 7.61. The standard InChI is InChI=1S/C13H17FN2O4S/c1-13(17,6-7-20-2)9-16-21(18,19)12-5-3-4-11(14)10(12)8-15/h3-5,16-17H,6-7,9H2,1-2H3. The Bertz CT molecular complexity index is 638.